The zero-order valence-electron chi connectivity index (χ0n) is 11.0. The highest BCUT2D eigenvalue weighted by molar-refractivity contribution is 8.04. The minimum absolute atomic E-state index is 0.0666. The van der Waals surface area contributed by atoms with Crippen molar-refractivity contribution in [2.24, 2.45) is 0 Å². The molecule has 3 nitrogen and oxygen atoms in total. The molecule has 0 aliphatic heterocycles. The molecule has 0 spiro atoms. The number of thioether (sulfide) groups is 1. The van der Waals surface area contributed by atoms with Crippen molar-refractivity contribution in [2.45, 2.75) is 12.1 Å². The number of carbonyl (C=O) groups excluding carboxylic acids is 1. The molecule has 0 radical (unpaired) electrons. The molecule has 0 aliphatic rings. The SMILES string of the molecule is CN(C)/C=C(\SC(F)(F)F)C(=O)OCc1ccccc1. The summed E-state index contributed by atoms with van der Waals surface area (Å²) in [6.07, 6.45) is 1.09. The third-order valence-electron chi connectivity index (χ3n) is 2.02. The number of alkyl halides is 3. The van der Waals surface area contributed by atoms with Gasteiger partial charge in [-0.2, -0.15) is 13.2 Å². The average molecular weight is 305 g/mol. The molecule has 0 fully saturated rings. The molecule has 0 aliphatic carbocycles. The Balaban J connectivity index is 2.69. The van der Waals surface area contributed by atoms with Gasteiger partial charge >= 0.3 is 11.5 Å². The maximum absolute atomic E-state index is 12.4. The Bertz CT molecular complexity index is 472. The molecule has 110 valence electrons. The molecule has 0 saturated heterocycles. The number of halogens is 3. The van der Waals surface area contributed by atoms with Gasteiger partial charge in [-0.15, -0.1) is 0 Å². The molecule has 0 N–H and O–H groups in total. The molecule has 1 rings (SSSR count). The van der Waals surface area contributed by atoms with Crippen LogP contribution in [0.3, 0.4) is 0 Å². The van der Waals surface area contributed by atoms with E-state index >= 15 is 0 Å². The molecule has 0 bridgehead atoms. The summed E-state index contributed by atoms with van der Waals surface area (Å²) in [6, 6.07) is 8.75. The highest BCUT2D eigenvalue weighted by atomic mass is 32.2. The van der Waals surface area contributed by atoms with Crippen LogP contribution in [0.4, 0.5) is 13.2 Å². The van der Waals surface area contributed by atoms with Crippen molar-refractivity contribution in [1.82, 2.24) is 4.90 Å². The molecular formula is C13H14F3NO2S. The van der Waals surface area contributed by atoms with Crippen LogP contribution in [-0.4, -0.2) is 30.5 Å². The Morgan fingerprint density at radius 1 is 1.30 bits per heavy atom. The van der Waals surface area contributed by atoms with Crippen molar-refractivity contribution in [1.29, 1.82) is 0 Å². The second-order valence-electron chi connectivity index (χ2n) is 4.07. The van der Waals surface area contributed by atoms with Crippen LogP contribution < -0.4 is 0 Å². The lowest BCUT2D eigenvalue weighted by Gasteiger charge is -2.13. The summed E-state index contributed by atoms with van der Waals surface area (Å²) in [5.74, 6) is -0.995. The second kappa shape index (κ2) is 7.23. The van der Waals surface area contributed by atoms with Gasteiger partial charge in [0.15, 0.2) is 0 Å². The van der Waals surface area contributed by atoms with Crippen molar-refractivity contribution in [3.05, 3.63) is 47.0 Å². The first-order valence-electron chi connectivity index (χ1n) is 5.63. The summed E-state index contributed by atoms with van der Waals surface area (Å²) in [7, 11) is 3.06. The van der Waals surface area contributed by atoms with Gasteiger partial charge in [-0.25, -0.2) is 4.79 Å². The van der Waals surface area contributed by atoms with Gasteiger partial charge in [0.05, 0.1) is 0 Å². The average Bonchev–Trinajstić information content (AvgIpc) is 2.34. The van der Waals surface area contributed by atoms with E-state index in [1.165, 1.54) is 19.0 Å². The number of benzene rings is 1. The van der Waals surface area contributed by atoms with Gasteiger partial charge in [0, 0.05) is 20.3 Å². The zero-order valence-corrected chi connectivity index (χ0v) is 11.8. The number of ether oxygens (including phenoxy) is 1. The maximum atomic E-state index is 12.4. The van der Waals surface area contributed by atoms with Crippen molar-refractivity contribution in [3.63, 3.8) is 0 Å². The lowest BCUT2D eigenvalue weighted by atomic mass is 10.2. The molecule has 0 amide bonds. The van der Waals surface area contributed by atoms with Crippen LogP contribution in [0.2, 0.25) is 0 Å². The maximum Gasteiger partial charge on any atom is 0.446 e. The molecule has 1 aromatic rings. The van der Waals surface area contributed by atoms with Crippen LogP contribution in [0.1, 0.15) is 5.56 Å². The zero-order chi connectivity index (χ0) is 15.2. The largest absolute Gasteiger partial charge is 0.457 e. The van der Waals surface area contributed by atoms with Gasteiger partial charge in [-0.3, -0.25) is 0 Å². The predicted octanol–water partition coefficient (Wildman–Crippen LogP) is 3.39. The van der Waals surface area contributed by atoms with E-state index in [1.54, 1.807) is 30.3 Å². The predicted molar refractivity (Wildman–Crippen MR) is 71.7 cm³/mol. The Morgan fingerprint density at radius 3 is 2.40 bits per heavy atom. The first kappa shape index (κ1) is 16.4. The first-order chi connectivity index (χ1) is 9.28. The normalized spacial score (nSPS) is 12.2. The van der Waals surface area contributed by atoms with E-state index in [1.807, 2.05) is 0 Å². The number of hydrogen-bond acceptors (Lipinski definition) is 4. The fourth-order valence-electron chi connectivity index (χ4n) is 1.27. The number of rotatable bonds is 5. The van der Waals surface area contributed by atoms with Crippen LogP contribution in [0, 0.1) is 0 Å². The Labute approximate surface area is 119 Å². The van der Waals surface area contributed by atoms with Crippen molar-refractivity contribution in [2.75, 3.05) is 14.1 Å². The smallest absolute Gasteiger partial charge is 0.446 e. The fraction of sp³-hybridized carbons (Fsp3) is 0.308. The molecule has 0 unspecified atom stereocenters. The standard InChI is InChI=1S/C13H14F3NO2S/c1-17(2)8-11(20-13(14,15)16)12(18)19-9-10-6-4-3-5-7-10/h3-8H,9H2,1-2H3/b11-8-. The summed E-state index contributed by atoms with van der Waals surface area (Å²) < 4.78 is 42.0. The summed E-state index contributed by atoms with van der Waals surface area (Å²) >= 11 is -0.482. The van der Waals surface area contributed by atoms with E-state index in [-0.39, 0.29) is 6.61 Å². The van der Waals surface area contributed by atoms with Crippen LogP contribution in [0.15, 0.2) is 41.4 Å². The Morgan fingerprint density at radius 2 is 1.90 bits per heavy atom. The van der Waals surface area contributed by atoms with E-state index < -0.39 is 28.1 Å². The van der Waals surface area contributed by atoms with E-state index in [4.69, 9.17) is 4.74 Å². The quantitative estimate of drug-likeness (QED) is 0.616. The lowest BCUT2D eigenvalue weighted by Crippen LogP contribution is -2.14. The molecule has 0 atom stereocenters. The van der Waals surface area contributed by atoms with Crippen LogP contribution in [0.25, 0.3) is 0 Å². The molecule has 0 heterocycles. The van der Waals surface area contributed by atoms with Crippen LogP contribution in [0.5, 0.6) is 0 Å². The van der Waals surface area contributed by atoms with E-state index in [9.17, 15) is 18.0 Å². The Hall–Kier alpha value is -1.63. The van der Waals surface area contributed by atoms with Crippen LogP contribution in [-0.2, 0) is 16.1 Å². The van der Waals surface area contributed by atoms with Gasteiger partial charge in [0.1, 0.15) is 11.5 Å². The van der Waals surface area contributed by atoms with Gasteiger partial charge < -0.3 is 9.64 Å². The van der Waals surface area contributed by atoms with E-state index in [2.05, 4.69) is 0 Å². The molecule has 1 aromatic carbocycles. The van der Waals surface area contributed by atoms with Crippen LogP contribution >= 0.6 is 11.8 Å². The van der Waals surface area contributed by atoms with Gasteiger partial charge in [-0.05, 0) is 17.3 Å². The van der Waals surface area contributed by atoms with Gasteiger partial charge in [-0.1, -0.05) is 30.3 Å². The van der Waals surface area contributed by atoms with E-state index in [0.29, 0.717) is 5.56 Å². The molecule has 7 heteroatoms. The number of nitrogens with zero attached hydrogens (tertiary/aromatic N) is 1. The van der Waals surface area contributed by atoms with Gasteiger partial charge in [0.2, 0.25) is 0 Å². The number of hydrogen-bond donors (Lipinski definition) is 0. The highest BCUT2D eigenvalue weighted by Gasteiger charge is 2.33. The number of carbonyl (C=O) groups is 1. The topological polar surface area (TPSA) is 29.5 Å². The summed E-state index contributed by atoms with van der Waals surface area (Å²) in [4.78, 5) is 12.5. The first-order valence-corrected chi connectivity index (χ1v) is 6.44. The lowest BCUT2D eigenvalue weighted by molar-refractivity contribution is -0.139. The molecular weight excluding hydrogens is 291 g/mol. The Kier molecular flexibility index (Phi) is 5.94. The fourth-order valence-corrected chi connectivity index (χ4v) is 1.93. The third kappa shape index (κ3) is 6.51. The highest BCUT2D eigenvalue weighted by Crippen LogP contribution is 2.36. The molecule has 0 aromatic heterocycles. The minimum Gasteiger partial charge on any atom is -0.457 e. The number of esters is 1. The summed E-state index contributed by atoms with van der Waals surface area (Å²) in [5, 5.41) is 0. The third-order valence-corrected chi connectivity index (χ3v) is 2.74. The minimum atomic E-state index is -4.53. The van der Waals surface area contributed by atoms with Crippen molar-refractivity contribution >= 4 is 17.7 Å². The molecule has 0 saturated carbocycles. The van der Waals surface area contributed by atoms with Gasteiger partial charge in [0.25, 0.3) is 0 Å². The van der Waals surface area contributed by atoms with E-state index in [0.717, 1.165) is 6.20 Å². The second-order valence-corrected chi connectivity index (χ2v) is 5.17. The van der Waals surface area contributed by atoms with Crippen molar-refractivity contribution in [3.8, 4) is 0 Å². The monoisotopic (exact) mass is 305 g/mol. The summed E-state index contributed by atoms with van der Waals surface area (Å²) in [5.41, 5.74) is -3.82. The summed E-state index contributed by atoms with van der Waals surface area (Å²) in [6.45, 7) is -0.0666. The van der Waals surface area contributed by atoms with Crippen molar-refractivity contribution < 1.29 is 22.7 Å². The molecule has 20 heavy (non-hydrogen) atoms.